The number of rotatable bonds is 2. The molecule has 0 atom stereocenters. The Morgan fingerprint density at radius 2 is 0.941 bits per heavy atom. The number of hydrogen-bond acceptors (Lipinski definition) is 3. The molecule has 2 saturated heterocycles. The first-order valence-electron chi connectivity index (χ1n) is 7.52. The maximum Gasteiger partial charge on any atom is 0.0603 e. The van der Waals surface area contributed by atoms with Crippen LogP contribution >= 0.6 is 0 Å². The Morgan fingerprint density at radius 3 is 1.24 bits per heavy atom. The van der Waals surface area contributed by atoms with Crippen LogP contribution in [0.25, 0.3) is 0 Å². The van der Waals surface area contributed by atoms with Gasteiger partial charge in [0.1, 0.15) is 0 Å². The summed E-state index contributed by atoms with van der Waals surface area (Å²) in [7, 11) is 0. The molecule has 2 fully saturated rings. The van der Waals surface area contributed by atoms with Crippen molar-refractivity contribution in [3.05, 3.63) is 0 Å². The van der Waals surface area contributed by atoms with E-state index in [-0.39, 0.29) is 0 Å². The van der Waals surface area contributed by atoms with E-state index in [1.54, 1.807) is 0 Å². The van der Waals surface area contributed by atoms with Gasteiger partial charge in [0.05, 0.1) is 12.2 Å². The first-order chi connectivity index (χ1) is 8.45. The van der Waals surface area contributed by atoms with E-state index in [1.807, 2.05) is 27.7 Å². The lowest BCUT2D eigenvalue weighted by molar-refractivity contribution is -0.0388. The van der Waals surface area contributed by atoms with Crippen LogP contribution in [0.5, 0.6) is 0 Å². The van der Waals surface area contributed by atoms with E-state index < -0.39 is 0 Å². The fraction of sp³-hybridized carbons (Fsp3) is 1.00. The number of nitrogens with one attached hydrogen (secondary N) is 2. The summed E-state index contributed by atoms with van der Waals surface area (Å²) in [6.45, 7) is 12.5. The molecule has 0 bridgehead atoms. The Bertz CT molecular complexity index is 125. The van der Waals surface area contributed by atoms with Crippen molar-refractivity contribution in [2.75, 3.05) is 26.2 Å². The minimum Gasteiger partial charge on any atom is -0.375 e. The molecule has 2 rings (SSSR count). The van der Waals surface area contributed by atoms with Crippen molar-refractivity contribution in [2.45, 2.75) is 65.6 Å². The molecule has 0 radical (unpaired) electrons. The molecule has 2 heterocycles. The predicted octanol–water partition coefficient (Wildman–Crippen LogP) is 2.56. The second-order valence-electron chi connectivity index (χ2n) is 4.03. The highest BCUT2D eigenvalue weighted by molar-refractivity contribution is 4.74. The third-order valence-electron chi connectivity index (χ3n) is 2.96. The van der Waals surface area contributed by atoms with Gasteiger partial charge in [-0.15, -0.1) is 0 Å². The molecule has 2 aliphatic heterocycles. The zero-order valence-electron chi connectivity index (χ0n) is 12.2. The molecule has 104 valence electrons. The standard InChI is InChI=1S/C10H20N2O.2C2H6/c1-5-11-6-2-9(1)13-10-3-7-12-8-4-10;2*1-2/h9-12H,1-8H2;2*1-2H3. The van der Waals surface area contributed by atoms with E-state index in [4.69, 9.17) is 4.74 Å². The highest BCUT2D eigenvalue weighted by atomic mass is 16.5. The SMILES string of the molecule is C1CC(OC2CCNCC2)CCN1.CC.CC. The van der Waals surface area contributed by atoms with E-state index in [1.165, 1.54) is 25.7 Å². The monoisotopic (exact) mass is 244 g/mol. The minimum atomic E-state index is 0.532. The third-order valence-corrected chi connectivity index (χ3v) is 2.96. The molecule has 17 heavy (non-hydrogen) atoms. The summed E-state index contributed by atoms with van der Waals surface area (Å²) in [5.41, 5.74) is 0. The van der Waals surface area contributed by atoms with Crippen LogP contribution in [-0.2, 0) is 4.74 Å². The van der Waals surface area contributed by atoms with Crippen LogP contribution in [0.2, 0.25) is 0 Å². The Kier molecular flexibility index (Phi) is 12.3. The van der Waals surface area contributed by atoms with Gasteiger partial charge in [-0.1, -0.05) is 27.7 Å². The summed E-state index contributed by atoms with van der Waals surface area (Å²) in [5.74, 6) is 0. The number of hydrogen-bond donors (Lipinski definition) is 2. The highest BCUT2D eigenvalue weighted by Crippen LogP contribution is 2.15. The van der Waals surface area contributed by atoms with Crippen molar-refractivity contribution >= 4 is 0 Å². The fourth-order valence-corrected chi connectivity index (χ4v) is 2.14. The van der Waals surface area contributed by atoms with Crippen LogP contribution < -0.4 is 10.6 Å². The van der Waals surface area contributed by atoms with E-state index in [0.29, 0.717) is 12.2 Å². The second-order valence-corrected chi connectivity index (χ2v) is 4.03. The van der Waals surface area contributed by atoms with Crippen molar-refractivity contribution in [3.63, 3.8) is 0 Å². The number of ether oxygens (including phenoxy) is 1. The minimum absolute atomic E-state index is 0.532. The van der Waals surface area contributed by atoms with Gasteiger partial charge in [-0.3, -0.25) is 0 Å². The lowest BCUT2D eigenvalue weighted by atomic mass is 10.1. The molecular formula is C14H32N2O. The summed E-state index contributed by atoms with van der Waals surface area (Å²) in [5, 5.41) is 6.72. The molecule has 3 heteroatoms. The van der Waals surface area contributed by atoms with Crippen LogP contribution in [0, 0.1) is 0 Å². The Balaban J connectivity index is 0.000000581. The van der Waals surface area contributed by atoms with E-state index in [0.717, 1.165) is 26.2 Å². The highest BCUT2D eigenvalue weighted by Gasteiger charge is 2.20. The maximum absolute atomic E-state index is 6.05. The summed E-state index contributed by atoms with van der Waals surface area (Å²) >= 11 is 0. The third kappa shape index (κ3) is 7.74. The molecular weight excluding hydrogens is 212 g/mol. The molecule has 0 aliphatic carbocycles. The van der Waals surface area contributed by atoms with Crippen molar-refractivity contribution in [3.8, 4) is 0 Å². The van der Waals surface area contributed by atoms with E-state index in [9.17, 15) is 0 Å². The van der Waals surface area contributed by atoms with Gasteiger partial charge in [-0.2, -0.15) is 0 Å². The van der Waals surface area contributed by atoms with Gasteiger partial charge in [-0.05, 0) is 51.9 Å². The van der Waals surface area contributed by atoms with Crippen LogP contribution in [0.3, 0.4) is 0 Å². The van der Waals surface area contributed by atoms with Gasteiger partial charge in [0.2, 0.25) is 0 Å². The predicted molar refractivity (Wildman–Crippen MR) is 75.6 cm³/mol. The van der Waals surface area contributed by atoms with Gasteiger partial charge >= 0.3 is 0 Å². The van der Waals surface area contributed by atoms with Gasteiger partial charge in [0.15, 0.2) is 0 Å². The summed E-state index contributed by atoms with van der Waals surface area (Å²) < 4.78 is 6.05. The smallest absolute Gasteiger partial charge is 0.0603 e. The van der Waals surface area contributed by atoms with E-state index in [2.05, 4.69) is 10.6 Å². The number of piperidine rings is 2. The molecule has 0 saturated carbocycles. The van der Waals surface area contributed by atoms with Crippen molar-refractivity contribution in [1.29, 1.82) is 0 Å². The molecule has 3 nitrogen and oxygen atoms in total. The summed E-state index contributed by atoms with van der Waals surface area (Å²) in [6.07, 6.45) is 5.86. The van der Waals surface area contributed by atoms with Crippen LogP contribution in [0.15, 0.2) is 0 Å². The molecule has 0 aromatic heterocycles. The van der Waals surface area contributed by atoms with Crippen molar-refractivity contribution < 1.29 is 4.74 Å². The topological polar surface area (TPSA) is 33.3 Å². The molecule has 0 unspecified atom stereocenters. The quantitative estimate of drug-likeness (QED) is 0.783. The van der Waals surface area contributed by atoms with Crippen LogP contribution in [-0.4, -0.2) is 38.4 Å². The fourth-order valence-electron chi connectivity index (χ4n) is 2.14. The van der Waals surface area contributed by atoms with Gasteiger partial charge in [0.25, 0.3) is 0 Å². The summed E-state index contributed by atoms with van der Waals surface area (Å²) in [6, 6.07) is 0. The Hall–Kier alpha value is -0.120. The molecule has 0 aromatic rings. The van der Waals surface area contributed by atoms with Crippen molar-refractivity contribution in [1.82, 2.24) is 10.6 Å². The van der Waals surface area contributed by atoms with Crippen molar-refractivity contribution in [2.24, 2.45) is 0 Å². The Labute approximate surface area is 108 Å². The molecule has 0 aromatic carbocycles. The molecule has 2 aliphatic rings. The lowest BCUT2D eigenvalue weighted by Gasteiger charge is -2.30. The van der Waals surface area contributed by atoms with E-state index >= 15 is 0 Å². The second kappa shape index (κ2) is 12.3. The average Bonchev–Trinajstić information content (AvgIpc) is 2.45. The zero-order chi connectivity index (χ0) is 12.9. The normalized spacial score (nSPS) is 21.9. The zero-order valence-corrected chi connectivity index (χ0v) is 12.2. The molecule has 2 N–H and O–H groups in total. The first-order valence-corrected chi connectivity index (χ1v) is 7.52. The first kappa shape index (κ1) is 16.9. The Morgan fingerprint density at radius 1 is 0.647 bits per heavy atom. The summed E-state index contributed by atoms with van der Waals surface area (Å²) in [4.78, 5) is 0. The maximum atomic E-state index is 6.05. The van der Waals surface area contributed by atoms with Gasteiger partial charge in [-0.25, -0.2) is 0 Å². The average molecular weight is 244 g/mol. The van der Waals surface area contributed by atoms with Gasteiger partial charge in [0, 0.05) is 0 Å². The largest absolute Gasteiger partial charge is 0.375 e. The van der Waals surface area contributed by atoms with Gasteiger partial charge < -0.3 is 15.4 Å². The van der Waals surface area contributed by atoms with Crippen LogP contribution in [0.1, 0.15) is 53.4 Å². The lowest BCUT2D eigenvalue weighted by Crippen LogP contribution is -2.38. The van der Waals surface area contributed by atoms with Crippen LogP contribution in [0.4, 0.5) is 0 Å². The molecule has 0 amide bonds. The molecule has 0 spiro atoms.